The molecule has 1 aliphatic rings. The van der Waals surface area contributed by atoms with Crippen LogP contribution in [0.5, 0.6) is 0 Å². The molecule has 2 rings (SSSR count). The summed E-state index contributed by atoms with van der Waals surface area (Å²) >= 11 is 0. The Morgan fingerprint density at radius 1 is 1.20 bits per heavy atom. The molecule has 0 aromatic heterocycles. The average molecular weight is 277 g/mol. The van der Waals surface area contributed by atoms with Crippen molar-refractivity contribution in [2.75, 3.05) is 46.1 Å². The molecule has 2 N–H and O–H groups in total. The van der Waals surface area contributed by atoms with Crippen LogP contribution in [0.15, 0.2) is 18.2 Å². The van der Waals surface area contributed by atoms with Gasteiger partial charge in [-0.3, -0.25) is 14.5 Å². The summed E-state index contributed by atoms with van der Waals surface area (Å²) < 4.78 is 5.41. The van der Waals surface area contributed by atoms with E-state index in [4.69, 9.17) is 10.5 Å². The molecular weight excluding hydrogens is 258 g/mol. The van der Waals surface area contributed by atoms with Crippen LogP contribution in [0.1, 0.15) is 20.7 Å². The zero-order valence-electron chi connectivity index (χ0n) is 11.8. The summed E-state index contributed by atoms with van der Waals surface area (Å²) in [5.74, 6) is -0.632. The number of benzene rings is 1. The lowest BCUT2D eigenvalue weighted by atomic mass is 10.1. The first kappa shape index (κ1) is 14.5. The normalized spacial score (nSPS) is 14.2. The molecule has 0 spiro atoms. The monoisotopic (exact) mass is 277 g/mol. The van der Waals surface area contributed by atoms with Gasteiger partial charge in [0.15, 0.2) is 0 Å². The van der Waals surface area contributed by atoms with E-state index in [0.29, 0.717) is 30.0 Å². The van der Waals surface area contributed by atoms with Gasteiger partial charge in [-0.2, -0.15) is 0 Å². The van der Waals surface area contributed by atoms with Crippen LogP contribution in [0.4, 0.5) is 5.69 Å². The number of hydrogen-bond acceptors (Lipinski definition) is 5. The first-order valence-corrected chi connectivity index (χ1v) is 6.49. The van der Waals surface area contributed by atoms with Gasteiger partial charge in [-0.15, -0.1) is 0 Å². The number of likely N-dealkylation sites (N-methyl/N-ethyl adjacent to an activating group) is 1. The molecule has 0 bridgehead atoms. The van der Waals surface area contributed by atoms with E-state index in [1.54, 1.807) is 18.2 Å². The SMILES string of the molecule is CN(C)CCOCCN1C(=O)c2cccc(N)c2C1=O. The van der Waals surface area contributed by atoms with E-state index in [-0.39, 0.29) is 18.4 Å². The first-order chi connectivity index (χ1) is 9.52. The van der Waals surface area contributed by atoms with E-state index in [2.05, 4.69) is 0 Å². The van der Waals surface area contributed by atoms with Crippen molar-refractivity contribution >= 4 is 17.5 Å². The summed E-state index contributed by atoms with van der Waals surface area (Å²) in [6.45, 7) is 1.95. The fraction of sp³-hybridized carbons (Fsp3) is 0.429. The minimum absolute atomic E-state index is 0.249. The van der Waals surface area contributed by atoms with Crippen molar-refractivity contribution in [1.82, 2.24) is 9.80 Å². The minimum atomic E-state index is -0.334. The molecule has 0 aliphatic carbocycles. The molecule has 0 atom stereocenters. The molecule has 1 heterocycles. The average Bonchev–Trinajstić information content (AvgIpc) is 2.64. The van der Waals surface area contributed by atoms with Crippen molar-refractivity contribution in [3.05, 3.63) is 29.3 Å². The molecule has 0 saturated carbocycles. The predicted molar refractivity (Wildman–Crippen MR) is 75.6 cm³/mol. The van der Waals surface area contributed by atoms with Gasteiger partial charge in [0.25, 0.3) is 11.8 Å². The molecule has 2 amide bonds. The maximum Gasteiger partial charge on any atom is 0.263 e. The lowest BCUT2D eigenvalue weighted by Crippen LogP contribution is -2.33. The van der Waals surface area contributed by atoms with E-state index in [1.165, 1.54) is 4.90 Å². The van der Waals surface area contributed by atoms with Crippen molar-refractivity contribution in [1.29, 1.82) is 0 Å². The van der Waals surface area contributed by atoms with Gasteiger partial charge in [0.1, 0.15) is 0 Å². The quantitative estimate of drug-likeness (QED) is 0.464. The zero-order valence-corrected chi connectivity index (χ0v) is 11.8. The van der Waals surface area contributed by atoms with Crippen LogP contribution in [-0.2, 0) is 4.74 Å². The molecule has 0 saturated heterocycles. The summed E-state index contributed by atoms with van der Waals surface area (Å²) in [6.07, 6.45) is 0. The molecule has 0 radical (unpaired) electrons. The van der Waals surface area contributed by atoms with Crippen LogP contribution in [0, 0.1) is 0 Å². The highest BCUT2D eigenvalue weighted by Gasteiger charge is 2.36. The molecule has 6 nitrogen and oxygen atoms in total. The number of rotatable bonds is 6. The fourth-order valence-electron chi connectivity index (χ4n) is 2.07. The van der Waals surface area contributed by atoms with Crippen molar-refractivity contribution in [3.63, 3.8) is 0 Å². The summed E-state index contributed by atoms with van der Waals surface area (Å²) in [7, 11) is 3.91. The second kappa shape index (κ2) is 6.02. The molecule has 6 heteroatoms. The van der Waals surface area contributed by atoms with Gasteiger partial charge in [-0.25, -0.2) is 0 Å². The van der Waals surface area contributed by atoms with E-state index in [0.717, 1.165) is 6.54 Å². The van der Waals surface area contributed by atoms with Crippen LogP contribution < -0.4 is 5.73 Å². The number of ether oxygens (including phenoxy) is 1. The Balaban J connectivity index is 1.94. The van der Waals surface area contributed by atoms with Gasteiger partial charge in [0, 0.05) is 12.2 Å². The number of carbonyl (C=O) groups excluding carboxylic acids is 2. The summed E-state index contributed by atoms with van der Waals surface area (Å²) in [6, 6.07) is 4.93. The zero-order chi connectivity index (χ0) is 14.7. The Labute approximate surface area is 118 Å². The van der Waals surface area contributed by atoms with Crippen molar-refractivity contribution in [2.45, 2.75) is 0 Å². The maximum atomic E-state index is 12.2. The highest BCUT2D eigenvalue weighted by Crippen LogP contribution is 2.27. The number of imide groups is 1. The molecular formula is C14H19N3O3. The van der Waals surface area contributed by atoms with Crippen LogP contribution >= 0.6 is 0 Å². The predicted octanol–water partition coefficient (Wildman–Crippen LogP) is 0.443. The topological polar surface area (TPSA) is 75.9 Å². The smallest absolute Gasteiger partial charge is 0.263 e. The van der Waals surface area contributed by atoms with Crippen molar-refractivity contribution < 1.29 is 14.3 Å². The molecule has 1 aromatic rings. The second-order valence-corrected chi connectivity index (χ2v) is 4.95. The summed E-state index contributed by atoms with van der Waals surface area (Å²) in [5, 5.41) is 0. The largest absolute Gasteiger partial charge is 0.398 e. The van der Waals surface area contributed by atoms with Crippen LogP contribution in [0.2, 0.25) is 0 Å². The Morgan fingerprint density at radius 2 is 1.95 bits per heavy atom. The standard InChI is InChI=1S/C14H19N3O3/c1-16(2)6-8-20-9-7-17-13(18)10-4-3-5-11(15)12(10)14(17)19/h3-5H,6-9,15H2,1-2H3. The summed E-state index contributed by atoms with van der Waals surface area (Å²) in [5.41, 5.74) is 6.79. The number of carbonyl (C=O) groups is 2. The molecule has 20 heavy (non-hydrogen) atoms. The number of nitrogens with two attached hydrogens (primary N) is 1. The highest BCUT2D eigenvalue weighted by atomic mass is 16.5. The van der Waals surface area contributed by atoms with E-state index in [1.807, 2.05) is 19.0 Å². The van der Waals surface area contributed by atoms with Crippen LogP contribution in [0.3, 0.4) is 0 Å². The third-order valence-electron chi connectivity index (χ3n) is 3.17. The molecule has 108 valence electrons. The number of hydrogen-bond donors (Lipinski definition) is 1. The van der Waals surface area contributed by atoms with Crippen LogP contribution in [-0.4, -0.2) is 62.0 Å². The lowest BCUT2D eigenvalue weighted by molar-refractivity contribution is 0.0549. The van der Waals surface area contributed by atoms with E-state index in [9.17, 15) is 9.59 Å². The first-order valence-electron chi connectivity index (χ1n) is 6.49. The Morgan fingerprint density at radius 3 is 2.60 bits per heavy atom. The number of anilines is 1. The number of fused-ring (bicyclic) bond motifs is 1. The van der Waals surface area contributed by atoms with Crippen molar-refractivity contribution in [3.8, 4) is 0 Å². The number of nitrogen functional groups attached to an aromatic ring is 1. The molecule has 0 unspecified atom stereocenters. The van der Waals surface area contributed by atoms with Gasteiger partial charge in [0.05, 0.1) is 30.9 Å². The number of amides is 2. The number of nitrogens with zero attached hydrogens (tertiary/aromatic N) is 2. The fourth-order valence-corrected chi connectivity index (χ4v) is 2.07. The van der Waals surface area contributed by atoms with Gasteiger partial charge in [-0.05, 0) is 26.2 Å². The molecule has 1 aromatic carbocycles. The third-order valence-corrected chi connectivity index (χ3v) is 3.17. The minimum Gasteiger partial charge on any atom is -0.398 e. The van der Waals surface area contributed by atoms with Crippen molar-refractivity contribution in [2.24, 2.45) is 0 Å². The van der Waals surface area contributed by atoms with E-state index >= 15 is 0 Å². The van der Waals surface area contributed by atoms with Gasteiger partial charge in [0.2, 0.25) is 0 Å². The van der Waals surface area contributed by atoms with Gasteiger partial charge >= 0.3 is 0 Å². The lowest BCUT2D eigenvalue weighted by Gasteiger charge is -2.15. The van der Waals surface area contributed by atoms with E-state index < -0.39 is 0 Å². The highest BCUT2D eigenvalue weighted by molar-refractivity contribution is 6.23. The maximum absolute atomic E-state index is 12.2. The van der Waals surface area contributed by atoms with Crippen LogP contribution in [0.25, 0.3) is 0 Å². The molecule has 0 fully saturated rings. The van der Waals surface area contributed by atoms with Gasteiger partial charge < -0.3 is 15.4 Å². The Hall–Kier alpha value is -1.92. The molecule has 1 aliphatic heterocycles. The van der Waals surface area contributed by atoms with Gasteiger partial charge in [-0.1, -0.05) is 6.07 Å². The summed E-state index contributed by atoms with van der Waals surface area (Å²) in [4.78, 5) is 27.5. The second-order valence-electron chi connectivity index (χ2n) is 4.95. The third kappa shape index (κ3) is 2.81. The Bertz CT molecular complexity index is 528. The Kier molecular flexibility index (Phi) is 4.36.